The average molecular weight is 394 g/mol. The number of hydrogen-bond acceptors (Lipinski definition) is 3. The van der Waals surface area contributed by atoms with Crippen LogP contribution in [0, 0.1) is 13.8 Å². The largest absolute Gasteiger partial charge is 2.00 e. The number of nitrogens with one attached hydrogen (secondary N) is 1. The second-order valence-corrected chi connectivity index (χ2v) is 3.32. The molecule has 1 aromatic rings. The number of rotatable bonds is 2. The fraction of sp³-hybridized carbons (Fsp3) is 0.444. The molecule has 0 aliphatic heterocycles. The van der Waals surface area contributed by atoms with Crippen molar-refractivity contribution in [1.29, 1.82) is 0 Å². The third-order valence-corrected chi connectivity index (χ3v) is 2.33. The number of hydrogen-bond donors (Lipinski definition) is 1. The Labute approximate surface area is 107 Å². The third-order valence-electron chi connectivity index (χ3n) is 2.33. The van der Waals surface area contributed by atoms with Gasteiger partial charge >= 0.3 is 27.0 Å². The molecule has 1 rings (SSSR count). The summed E-state index contributed by atoms with van der Waals surface area (Å²) in [6.07, 6.45) is 0. The van der Waals surface area contributed by atoms with Gasteiger partial charge in [-0.1, -0.05) is 0 Å². The minimum atomic E-state index is -1.11. The van der Waals surface area contributed by atoms with Crippen molar-refractivity contribution in [2.45, 2.75) is 26.8 Å². The first-order valence-corrected chi connectivity index (χ1v) is 4.40. The van der Waals surface area contributed by atoms with Gasteiger partial charge in [0.05, 0.1) is 0 Å². The number of carboxylic acid groups (broad SMARTS) is 1. The van der Waals surface area contributed by atoms with Gasteiger partial charge in [0.25, 0.3) is 0 Å². The van der Waals surface area contributed by atoms with Gasteiger partial charge in [0.2, 0.25) is 5.56 Å². The molecule has 0 amide bonds. The van der Waals surface area contributed by atoms with Crippen LogP contribution in [0.25, 0.3) is 5.73 Å². The normalized spacial score (nSPS) is 11.7. The predicted octanol–water partition coefficient (Wildman–Crippen LogP) is 1.19. The minimum absolute atomic E-state index is 0. The second kappa shape index (κ2) is 5.25. The first kappa shape index (κ1) is 14.8. The summed E-state index contributed by atoms with van der Waals surface area (Å²) >= 11 is 0. The van der Waals surface area contributed by atoms with Crippen molar-refractivity contribution in [2.75, 3.05) is 0 Å². The van der Waals surface area contributed by atoms with Crippen LogP contribution in [0.4, 0.5) is 5.82 Å². The number of aromatic nitrogens is 2. The molecule has 0 aliphatic carbocycles. The van der Waals surface area contributed by atoms with E-state index >= 15 is 0 Å². The van der Waals surface area contributed by atoms with Crippen LogP contribution in [0.5, 0.6) is 0 Å². The molecule has 1 atom stereocenters. The van der Waals surface area contributed by atoms with E-state index in [2.05, 4.69) is 4.98 Å². The average Bonchev–Trinajstić information content (AvgIpc) is 2.15. The Bertz CT molecular complexity index is 470. The molecular formula is C9H12N3O3W+. The summed E-state index contributed by atoms with van der Waals surface area (Å²) in [5.41, 5.74) is 7.59. The Hall–Kier alpha value is -1.16. The minimum Gasteiger partial charge on any atom is -0.480 e. The van der Waals surface area contributed by atoms with E-state index in [9.17, 15) is 9.59 Å². The van der Waals surface area contributed by atoms with Crippen LogP contribution >= 0.6 is 0 Å². The number of aliphatic carboxylic acids is 1. The van der Waals surface area contributed by atoms with E-state index in [1.165, 1.54) is 6.92 Å². The molecule has 0 bridgehead atoms. The molecule has 0 spiro atoms. The van der Waals surface area contributed by atoms with Crippen molar-refractivity contribution in [3.63, 3.8) is 0 Å². The molecule has 2 N–H and O–H groups in total. The summed E-state index contributed by atoms with van der Waals surface area (Å²) in [5, 5.41) is 8.82. The maximum atomic E-state index is 11.5. The zero-order valence-electron chi connectivity index (χ0n) is 9.14. The first-order valence-electron chi connectivity index (χ1n) is 4.40. The van der Waals surface area contributed by atoms with Gasteiger partial charge in [-0.05, 0) is 26.5 Å². The Kier molecular flexibility index (Phi) is 4.87. The van der Waals surface area contributed by atoms with Crippen LogP contribution in [0.2, 0.25) is 0 Å². The molecule has 1 unspecified atom stereocenters. The van der Waals surface area contributed by atoms with E-state index in [0.29, 0.717) is 11.4 Å². The molecular weight excluding hydrogens is 382 g/mol. The van der Waals surface area contributed by atoms with Gasteiger partial charge in [-0.3, -0.25) is 9.36 Å². The Balaban J connectivity index is 0.00000225. The smallest absolute Gasteiger partial charge is 0.480 e. The molecule has 1 heterocycles. The molecule has 0 saturated carbocycles. The standard InChI is InChI=1S/C9H13N3O3.W/c1-4-5(2)12(6(3)9(14)15)8(13)7(10)11-4;/h6H,1-3H3,(H3,10,11,14,15);/q;+2/p-1. The van der Waals surface area contributed by atoms with Crippen LogP contribution < -0.4 is 5.56 Å². The van der Waals surface area contributed by atoms with Crippen LogP contribution in [0.15, 0.2) is 4.79 Å². The van der Waals surface area contributed by atoms with Gasteiger partial charge in [-0.25, -0.2) is 4.79 Å². The number of carboxylic acids is 1. The topological polar surface area (TPSA) is 96.0 Å². The molecule has 0 aromatic carbocycles. The Morgan fingerprint density at radius 1 is 1.50 bits per heavy atom. The van der Waals surface area contributed by atoms with E-state index in [1.54, 1.807) is 13.8 Å². The summed E-state index contributed by atoms with van der Waals surface area (Å²) in [6, 6.07) is -0.983. The van der Waals surface area contributed by atoms with Crippen molar-refractivity contribution in [3.8, 4) is 0 Å². The molecule has 1 aromatic heterocycles. The summed E-state index contributed by atoms with van der Waals surface area (Å²) in [6.45, 7) is 4.65. The number of aryl methyl sites for hydroxylation is 1. The van der Waals surface area contributed by atoms with Crippen LogP contribution in [-0.4, -0.2) is 20.6 Å². The van der Waals surface area contributed by atoms with Gasteiger partial charge in [0, 0.05) is 11.5 Å². The van der Waals surface area contributed by atoms with Crippen LogP contribution in [0.1, 0.15) is 24.4 Å². The van der Waals surface area contributed by atoms with Gasteiger partial charge in [0.15, 0.2) is 0 Å². The van der Waals surface area contributed by atoms with E-state index in [-0.39, 0.29) is 21.1 Å². The molecule has 0 radical (unpaired) electrons. The second-order valence-electron chi connectivity index (χ2n) is 3.32. The maximum Gasteiger partial charge on any atom is 2.00 e. The summed E-state index contributed by atoms with van der Waals surface area (Å²) in [7, 11) is 0. The molecule has 16 heavy (non-hydrogen) atoms. The zero-order chi connectivity index (χ0) is 11.7. The van der Waals surface area contributed by atoms with Crippen molar-refractivity contribution >= 4 is 11.8 Å². The molecule has 6 nitrogen and oxygen atoms in total. The monoisotopic (exact) mass is 394 g/mol. The van der Waals surface area contributed by atoms with Crippen molar-refractivity contribution in [2.24, 2.45) is 0 Å². The zero-order valence-corrected chi connectivity index (χ0v) is 12.1. The molecule has 0 fully saturated rings. The van der Waals surface area contributed by atoms with Gasteiger partial charge in [0.1, 0.15) is 6.04 Å². The van der Waals surface area contributed by atoms with Gasteiger partial charge in [-0.15, -0.1) is 0 Å². The predicted molar refractivity (Wildman–Crippen MR) is 54.3 cm³/mol. The SMILES string of the molecule is Cc1nc([NH-])c(=O)n(C(C)C(=O)O)c1C.[W+2]. The van der Waals surface area contributed by atoms with Crippen molar-refractivity contribution < 1.29 is 31.0 Å². The van der Waals surface area contributed by atoms with Gasteiger partial charge in [-0.2, -0.15) is 0 Å². The Morgan fingerprint density at radius 3 is 2.44 bits per heavy atom. The van der Waals surface area contributed by atoms with E-state index in [4.69, 9.17) is 10.8 Å². The summed E-state index contributed by atoms with van der Waals surface area (Å²) in [5.74, 6) is -1.53. The van der Waals surface area contributed by atoms with Crippen LogP contribution in [0.3, 0.4) is 0 Å². The summed E-state index contributed by atoms with van der Waals surface area (Å²) in [4.78, 5) is 26.0. The Morgan fingerprint density at radius 2 is 2.00 bits per heavy atom. The molecule has 0 saturated heterocycles. The fourth-order valence-electron chi connectivity index (χ4n) is 1.31. The van der Waals surface area contributed by atoms with Crippen LogP contribution in [-0.2, 0) is 25.9 Å². The summed E-state index contributed by atoms with van der Waals surface area (Å²) < 4.78 is 1.08. The van der Waals surface area contributed by atoms with Crippen molar-refractivity contribution in [3.05, 3.63) is 27.5 Å². The maximum absolute atomic E-state index is 11.5. The van der Waals surface area contributed by atoms with Crippen molar-refractivity contribution in [1.82, 2.24) is 9.55 Å². The first-order chi connectivity index (χ1) is 6.86. The number of nitrogens with zero attached hydrogens (tertiary/aromatic N) is 2. The quantitative estimate of drug-likeness (QED) is 0.815. The van der Waals surface area contributed by atoms with Gasteiger partial charge < -0.3 is 15.8 Å². The molecule has 0 aliphatic rings. The van der Waals surface area contributed by atoms with E-state index in [0.717, 1.165) is 4.57 Å². The molecule has 86 valence electrons. The fourth-order valence-corrected chi connectivity index (χ4v) is 1.31. The van der Waals surface area contributed by atoms with E-state index in [1.807, 2.05) is 0 Å². The third kappa shape index (κ3) is 2.50. The molecule has 7 heteroatoms. The number of carbonyl (C=O) groups is 1. The van der Waals surface area contributed by atoms with E-state index < -0.39 is 23.4 Å².